The molecule has 0 aliphatic carbocycles. The standard InChI is InChI=1S/C10H18F3NO/c1-3-4-8-7-9(14-2,5-6-15-8)10(11,12)13/h8,14H,3-7H2,1-2H3. The zero-order valence-electron chi connectivity index (χ0n) is 9.16. The van der Waals surface area contributed by atoms with E-state index >= 15 is 0 Å². The van der Waals surface area contributed by atoms with Gasteiger partial charge in [0.05, 0.1) is 6.10 Å². The molecule has 90 valence electrons. The van der Waals surface area contributed by atoms with E-state index in [-0.39, 0.29) is 25.6 Å². The van der Waals surface area contributed by atoms with Gasteiger partial charge in [-0.2, -0.15) is 13.2 Å². The quantitative estimate of drug-likeness (QED) is 0.796. The highest BCUT2D eigenvalue weighted by molar-refractivity contribution is 4.98. The number of rotatable bonds is 3. The fourth-order valence-corrected chi connectivity index (χ4v) is 2.08. The zero-order chi connectivity index (χ0) is 11.5. The molecule has 0 radical (unpaired) electrons. The lowest BCUT2D eigenvalue weighted by atomic mass is 9.85. The third-order valence-corrected chi connectivity index (χ3v) is 3.09. The number of alkyl halides is 3. The van der Waals surface area contributed by atoms with Gasteiger partial charge in [0.15, 0.2) is 0 Å². The van der Waals surface area contributed by atoms with E-state index in [9.17, 15) is 13.2 Å². The van der Waals surface area contributed by atoms with E-state index < -0.39 is 11.7 Å². The number of hydrogen-bond acceptors (Lipinski definition) is 2. The molecule has 2 atom stereocenters. The van der Waals surface area contributed by atoms with Crippen LogP contribution < -0.4 is 5.32 Å². The minimum Gasteiger partial charge on any atom is -0.378 e. The molecule has 1 rings (SSSR count). The zero-order valence-corrected chi connectivity index (χ0v) is 9.16. The summed E-state index contributed by atoms with van der Waals surface area (Å²) in [6.07, 6.45) is -2.88. The molecule has 1 heterocycles. The molecule has 1 aliphatic rings. The predicted octanol–water partition coefficient (Wildman–Crippen LogP) is 2.49. The maximum absolute atomic E-state index is 12.9. The minimum atomic E-state index is -4.20. The maximum Gasteiger partial charge on any atom is 0.406 e. The Labute approximate surface area is 88.2 Å². The molecule has 1 fully saturated rings. The number of nitrogens with one attached hydrogen (secondary N) is 1. The molecule has 0 amide bonds. The lowest BCUT2D eigenvalue weighted by Gasteiger charge is -2.41. The largest absolute Gasteiger partial charge is 0.406 e. The van der Waals surface area contributed by atoms with Gasteiger partial charge in [0.25, 0.3) is 0 Å². The first-order valence-corrected chi connectivity index (χ1v) is 5.32. The first kappa shape index (κ1) is 12.8. The Morgan fingerprint density at radius 1 is 1.47 bits per heavy atom. The summed E-state index contributed by atoms with van der Waals surface area (Å²) >= 11 is 0. The van der Waals surface area contributed by atoms with E-state index in [0.717, 1.165) is 6.42 Å². The van der Waals surface area contributed by atoms with Crippen LogP contribution in [0.15, 0.2) is 0 Å². The van der Waals surface area contributed by atoms with Gasteiger partial charge in [-0.3, -0.25) is 0 Å². The molecule has 0 aromatic rings. The number of ether oxygens (including phenoxy) is 1. The van der Waals surface area contributed by atoms with Crippen LogP contribution in [0.25, 0.3) is 0 Å². The van der Waals surface area contributed by atoms with Crippen LogP contribution in [0.1, 0.15) is 32.6 Å². The summed E-state index contributed by atoms with van der Waals surface area (Å²) < 4.78 is 44.0. The summed E-state index contributed by atoms with van der Waals surface area (Å²) in [4.78, 5) is 0. The van der Waals surface area contributed by atoms with Crippen molar-refractivity contribution < 1.29 is 17.9 Å². The minimum absolute atomic E-state index is 0.00716. The second-order valence-electron chi connectivity index (χ2n) is 4.07. The van der Waals surface area contributed by atoms with Crippen LogP contribution in [-0.2, 0) is 4.74 Å². The van der Waals surface area contributed by atoms with Crippen LogP contribution in [0.5, 0.6) is 0 Å². The van der Waals surface area contributed by atoms with Crippen molar-refractivity contribution in [3.05, 3.63) is 0 Å². The van der Waals surface area contributed by atoms with E-state index in [1.165, 1.54) is 7.05 Å². The SMILES string of the molecule is CCCC1CC(NC)(C(F)(F)F)CCO1. The topological polar surface area (TPSA) is 21.3 Å². The highest BCUT2D eigenvalue weighted by Gasteiger charge is 2.55. The first-order valence-electron chi connectivity index (χ1n) is 5.32. The van der Waals surface area contributed by atoms with Crippen molar-refractivity contribution in [2.45, 2.75) is 50.4 Å². The van der Waals surface area contributed by atoms with Crippen molar-refractivity contribution in [3.63, 3.8) is 0 Å². The summed E-state index contributed by atoms with van der Waals surface area (Å²) in [5, 5.41) is 2.44. The molecule has 1 N–H and O–H groups in total. The van der Waals surface area contributed by atoms with Gasteiger partial charge >= 0.3 is 6.18 Å². The normalized spacial score (nSPS) is 33.0. The van der Waals surface area contributed by atoms with Gasteiger partial charge in [0.2, 0.25) is 0 Å². The molecule has 2 unspecified atom stereocenters. The lowest BCUT2D eigenvalue weighted by molar-refractivity contribution is -0.224. The van der Waals surface area contributed by atoms with E-state index in [4.69, 9.17) is 4.74 Å². The van der Waals surface area contributed by atoms with Gasteiger partial charge in [-0.05, 0) is 19.9 Å². The maximum atomic E-state index is 12.9. The Morgan fingerprint density at radius 3 is 2.60 bits per heavy atom. The molecular formula is C10H18F3NO. The second kappa shape index (κ2) is 4.70. The molecule has 0 aromatic carbocycles. The van der Waals surface area contributed by atoms with Gasteiger partial charge in [-0.25, -0.2) is 0 Å². The molecule has 5 heteroatoms. The van der Waals surface area contributed by atoms with Crippen LogP contribution in [-0.4, -0.2) is 31.5 Å². The second-order valence-corrected chi connectivity index (χ2v) is 4.07. The highest BCUT2D eigenvalue weighted by Crippen LogP contribution is 2.40. The van der Waals surface area contributed by atoms with Crippen molar-refractivity contribution >= 4 is 0 Å². The summed E-state index contributed by atoms with van der Waals surface area (Å²) in [6.45, 7) is 2.14. The van der Waals surface area contributed by atoms with Gasteiger partial charge in [-0.1, -0.05) is 13.3 Å². The Balaban J connectivity index is 2.73. The molecule has 2 nitrogen and oxygen atoms in total. The van der Waals surface area contributed by atoms with Crippen LogP contribution in [0.2, 0.25) is 0 Å². The van der Waals surface area contributed by atoms with Crippen LogP contribution in [0, 0.1) is 0 Å². The van der Waals surface area contributed by atoms with E-state index in [1.54, 1.807) is 0 Å². The van der Waals surface area contributed by atoms with Crippen LogP contribution in [0.3, 0.4) is 0 Å². The van der Waals surface area contributed by atoms with E-state index in [2.05, 4.69) is 5.32 Å². The van der Waals surface area contributed by atoms with Gasteiger partial charge in [0, 0.05) is 13.0 Å². The molecular weight excluding hydrogens is 207 g/mol. The third kappa shape index (κ3) is 2.64. The number of halogens is 3. The molecule has 15 heavy (non-hydrogen) atoms. The summed E-state index contributed by atoms with van der Waals surface area (Å²) in [5.74, 6) is 0. The predicted molar refractivity (Wildman–Crippen MR) is 51.7 cm³/mol. The van der Waals surface area contributed by atoms with Crippen LogP contribution in [0.4, 0.5) is 13.2 Å². The smallest absolute Gasteiger partial charge is 0.378 e. The number of hydrogen-bond donors (Lipinski definition) is 1. The van der Waals surface area contributed by atoms with Gasteiger partial charge in [0.1, 0.15) is 5.54 Å². The fourth-order valence-electron chi connectivity index (χ4n) is 2.08. The monoisotopic (exact) mass is 225 g/mol. The Bertz CT molecular complexity index is 205. The molecule has 0 bridgehead atoms. The molecule has 0 aromatic heterocycles. The molecule has 1 aliphatic heterocycles. The third-order valence-electron chi connectivity index (χ3n) is 3.09. The Hall–Kier alpha value is -0.290. The lowest BCUT2D eigenvalue weighted by Crippen LogP contribution is -2.60. The Morgan fingerprint density at radius 2 is 2.13 bits per heavy atom. The van der Waals surface area contributed by atoms with Gasteiger partial charge < -0.3 is 10.1 Å². The Kier molecular flexibility index (Phi) is 4.00. The summed E-state index contributed by atoms with van der Waals surface area (Å²) in [6, 6.07) is 0. The van der Waals surface area contributed by atoms with Crippen molar-refractivity contribution in [3.8, 4) is 0 Å². The average molecular weight is 225 g/mol. The average Bonchev–Trinajstić information content (AvgIpc) is 2.17. The highest BCUT2D eigenvalue weighted by atomic mass is 19.4. The van der Waals surface area contributed by atoms with Crippen molar-refractivity contribution in [2.24, 2.45) is 0 Å². The summed E-state index contributed by atoms with van der Waals surface area (Å²) in [7, 11) is 1.38. The van der Waals surface area contributed by atoms with Crippen LogP contribution >= 0.6 is 0 Å². The van der Waals surface area contributed by atoms with Crippen molar-refractivity contribution in [1.29, 1.82) is 0 Å². The van der Waals surface area contributed by atoms with Gasteiger partial charge in [-0.15, -0.1) is 0 Å². The summed E-state index contributed by atoms with van der Waals surface area (Å²) in [5.41, 5.74) is -1.74. The first-order chi connectivity index (χ1) is 6.95. The fraction of sp³-hybridized carbons (Fsp3) is 1.00. The van der Waals surface area contributed by atoms with Crippen molar-refractivity contribution in [2.75, 3.05) is 13.7 Å². The van der Waals surface area contributed by atoms with E-state index in [1.807, 2.05) is 6.92 Å². The van der Waals surface area contributed by atoms with Crippen molar-refractivity contribution in [1.82, 2.24) is 5.32 Å². The van der Waals surface area contributed by atoms with E-state index in [0.29, 0.717) is 6.42 Å². The molecule has 1 saturated heterocycles. The molecule has 0 saturated carbocycles. The molecule has 0 spiro atoms.